The van der Waals surface area contributed by atoms with E-state index >= 15 is 0 Å². The van der Waals surface area contributed by atoms with Crippen LogP contribution >= 0.6 is 0 Å². The Bertz CT molecular complexity index is 1980. The molecule has 6 rings (SSSR count). The molecule has 1 amide bonds. The SMILES string of the molecule is Cc1ccc(S(=O)(=O)N(C)C(=O)O[C@@H]2O[C@H](COCc3ccccc3)[C@H](OCc3ccccc3)[C@H](OCc3ccccc3)[C@H]2OCc2ccccc2)cc1. The minimum atomic E-state index is -4.26. The Morgan fingerprint density at radius 2 is 1.02 bits per heavy atom. The van der Waals surface area contributed by atoms with Crippen LogP contribution in [0.2, 0.25) is 0 Å². The highest BCUT2D eigenvalue weighted by atomic mass is 32.2. The minimum absolute atomic E-state index is 0.0382. The van der Waals surface area contributed by atoms with Gasteiger partial charge in [0, 0.05) is 7.05 Å². The van der Waals surface area contributed by atoms with Crippen molar-refractivity contribution in [2.75, 3.05) is 13.7 Å². The lowest BCUT2D eigenvalue weighted by molar-refractivity contribution is -0.316. The fraction of sp³-hybridized carbons (Fsp3) is 0.279. The number of hydrogen-bond donors (Lipinski definition) is 0. The lowest BCUT2D eigenvalue weighted by Gasteiger charge is -2.45. The summed E-state index contributed by atoms with van der Waals surface area (Å²) in [7, 11) is -3.12. The van der Waals surface area contributed by atoms with E-state index in [2.05, 4.69) is 0 Å². The van der Waals surface area contributed by atoms with Gasteiger partial charge in [-0.05, 0) is 41.3 Å². The van der Waals surface area contributed by atoms with Crippen molar-refractivity contribution in [3.8, 4) is 0 Å². The van der Waals surface area contributed by atoms with Gasteiger partial charge in [-0.3, -0.25) is 0 Å². The summed E-state index contributed by atoms with van der Waals surface area (Å²) in [5, 5.41) is 0. The Labute approximate surface area is 317 Å². The molecule has 282 valence electrons. The third-order valence-corrected chi connectivity index (χ3v) is 10.7. The number of rotatable bonds is 16. The average molecular weight is 752 g/mol. The fourth-order valence-corrected chi connectivity index (χ4v) is 7.02. The van der Waals surface area contributed by atoms with Crippen LogP contribution in [0.1, 0.15) is 27.8 Å². The summed E-state index contributed by atoms with van der Waals surface area (Å²) in [6.45, 7) is 2.70. The highest BCUT2D eigenvalue weighted by molar-refractivity contribution is 7.89. The Kier molecular flexibility index (Phi) is 13.6. The van der Waals surface area contributed by atoms with Crippen molar-refractivity contribution in [1.82, 2.24) is 4.31 Å². The largest absolute Gasteiger partial charge is 0.425 e. The summed E-state index contributed by atoms with van der Waals surface area (Å²) in [5.74, 6) is 0. The van der Waals surface area contributed by atoms with Crippen LogP contribution in [0.3, 0.4) is 0 Å². The second kappa shape index (κ2) is 18.9. The van der Waals surface area contributed by atoms with E-state index in [9.17, 15) is 13.2 Å². The molecule has 10 nitrogen and oxygen atoms in total. The molecule has 0 radical (unpaired) electrons. The Hall–Kier alpha value is -4.88. The molecule has 1 aliphatic rings. The van der Waals surface area contributed by atoms with E-state index in [1.54, 1.807) is 12.1 Å². The maximum absolute atomic E-state index is 13.8. The van der Waals surface area contributed by atoms with Gasteiger partial charge in [-0.25, -0.2) is 17.5 Å². The van der Waals surface area contributed by atoms with Gasteiger partial charge < -0.3 is 28.4 Å². The molecule has 5 aromatic rings. The van der Waals surface area contributed by atoms with Gasteiger partial charge in [0.15, 0.2) is 0 Å². The predicted octanol–water partition coefficient (Wildman–Crippen LogP) is 7.45. The molecule has 0 unspecified atom stereocenters. The second-order valence-electron chi connectivity index (χ2n) is 13.0. The molecule has 0 saturated carbocycles. The third-order valence-electron chi connectivity index (χ3n) is 8.99. The van der Waals surface area contributed by atoms with Gasteiger partial charge in [0.1, 0.15) is 24.4 Å². The fourth-order valence-electron chi connectivity index (χ4n) is 5.98. The average Bonchev–Trinajstić information content (AvgIpc) is 3.20. The van der Waals surface area contributed by atoms with Crippen LogP contribution in [-0.4, -0.2) is 63.2 Å². The molecule has 0 aromatic heterocycles. The van der Waals surface area contributed by atoms with Crippen molar-refractivity contribution in [3.05, 3.63) is 173 Å². The zero-order chi connectivity index (χ0) is 37.8. The van der Waals surface area contributed by atoms with Crippen molar-refractivity contribution >= 4 is 16.1 Å². The molecule has 0 N–H and O–H groups in total. The van der Waals surface area contributed by atoms with Crippen molar-refractivity contribution in [2.45, 2.75) is 69.0 Å². The van der Waals surface area contributed by atoms with Crippen LogP contribution in [0.4, 0.5) is 4.79 Å². The van der Waals surface area contributed by atoms with Crippen LogP contribution in [0.25, 0.3) is 0 Å². The number of amides is 1. The van der Waals surface area contributed by atoms with Crippen LogP contribution in [0.5, 0.6) is 0 Å². The first kappa shape index (κ1) is 38.8. The zero-order valence-electron chi connectivity index (χ0n) is 30.3. The van der Waals surface area contributed by atoms with E-state index in [-0.39, 0.29) is 37.9 Å². The summed E-state index contributed by atoms with van der Waals surface area (Å²) < 4.78 is 66.2. The molecule has 1 heterocycles. The van der Waals surface area contributed by atoms with E-state index in [1.165, 1.54) is 12.1 Å². The Morgan fingerprint density at radius 3 is 1.50 bits per heavy atom. The van der Waals surface area contributed by atoms with E-state index in [1.807, 2.05) is 128 Å². The summed E-state index contributed by atoms with van der Waals surface area (Å²) in [6.07, 6.45) is -6.09. The normalized spacial score (nSPS) is 19.9. The summed E-state index contributed by atoms with van der Waals surface area (Å²) >= 11 is 0. The maximum atomic E-state index is 13.8. The first-order valence-electron chi connectivity index (χ1n) is 17.8. The Balaban J connectivity index is 1.33. The van der Waals surface area contributed by atoms with E-state index in [4.69, 9.17) is 28.4 Å². The lowest BCUT2D eigenvalue weighted by Crippen LogP contribution is -2.62. The van der Waals surface area contributed by atoms with Crippen molar-refractivity contribution in [1.29, 1.82) is 0 Å². The molecule has 11 heteroatoms. The maximum Gasteiger partial charge on any atom is 0.425 e. The topological polar surface area (TPSA) is 110 Å². The summed E-state index contributed by atoms with van der Waals surface area (Å²) in [6, 6.07) is 44.8. The monoisotopic (exact) mass is 751 g/mol. The van der Waals surface area contributed by atoms with Crippen LogP contribution in [0.15, 0.2) is 150 Å². The number of carbonyl (C=O) groups excluding carboxylic acids is 1. The summed E-state index contributed by atoms with van der Waals surface area (Å²) in [5.41, 5.74) is 4.53. The number of hydrogen-bond acceptors (Lipinski definition) is 9. The van der Waals surface area contributed by atoms with Gasteiger partial charge in [-0.15, -0.1) is 0 Å². The number of nitrogens with zero attached hydrogens (tertiary/aromatic N) is 1. The lowest BCUT2D eigenvalue weighted by atomic mass is 9.97. The first-order valence-corrected chi connectivity index (χ1v) is 19.2. The molecule has 5 atom stereocenters. The van der Waals surface area contributed by atoms with Gasteiger partial charge in [-0.1, -0.05) is 139 Å². The molecular formula is C43H45NO9S. The number of benzene rings is 5. The standard InChI is InChI=1S/C43H45NO9S/c1-32-23-25-37(26-24-32)54(46,47)44(2)43(45)53-42-41(51-30-36-21-13-6-14-22-36)40(50-29-35-19-11-5-12-20-35)39(49-28-34-17-9-4-10-18-34)38(52-42)31-48-27-33-15-7-3-8-16-33/h3-26,38-42H,27-31H2,1-2H3/t38-,39+,40+,41-,42+/m1/s1. The predicted molar refractivity (Wildman–Crippen MR) is 202 cm³/mol. The zero-order valence-corrected chi connectivity index (χ0v) is 31.1. The molecule has 1 fully saturated rings. The molecule has 1 saturated heterocycles. The molecule has 5 aromatic carbocycles. The van der Waals surface area contributed by atoms with E-state index < -0.39 is 46.8 Å². The molecule has 1 aliphatic heterocycles. The van der Waals surface area contributed by atoms with Gasteiger partial charge in [0.25, 0.3) is 10.0 Å². The quantitative estimate of drug-likeness (QED) is 0.102. The van der Waals surface area contributed by atoms with Crippen LogP contribution in [-0.2, 0) is 64.9 Å². The summed E-state index contributed by atoms with van der Waals surface area (Å²) in [4.78, 5) is 13.7. The Morgan fingerprint density at radius 1 is 0.593 bits per heavy atom. The highest BCUT2D eigenvalue weighted by Gasteiger charge is 2.51. The number of aryl methyl sites for hydroxylation is 1. The molecular weight excluding hydrogens is 707 g/mol. The first-order chi connectivity index (χ1) is 26.3. The molecule has 0 bridgehead atoms. The van der Waals surface area contributed by atoms with Crippen LogP contribution < -0.4 is 0 Å². The highest BCUT2D eigenvalue weighted by Crippen LogP contribution is 2.32. The number of carbonyl (C=O) groups is 1. The van der Waals surface area contributed by atoms with E-state index in [0.29, 0.717) is 4.31 Å². The van der Waals surface area contributed by atoms with E-state index in [0.717, 1.165) is 34.9 Å². The molecule has 0 aliphatic carbocycles. The van der Waals surface area contributed by atoms with Gasteiger partial charge >= 0.3 is 6.09 Å². The van der Waals surface area contributed by atoms with Crippen molar-refractivity contribution in [2.24, 2.45) is 0 Å². The van der Waals surface area contributed by atoms with Gasteiger partial charge in [0.2, 0.25) is 6.29 Å². The van der Waals surface area contributed by atoms with Crippen molar-refractivity contribution < 1.29 is 41.6 Å². The minimum Gasteiger partial charge on any atom is -0.416 e. The number of sulfonamides is 1. The second-order valence-corrected chi connectivity index (χ2v) is 15.0. The van der Waals surface area contributed by atoms with Gasteiger partial charge in [-0.2, -0.15) is 0 Å². The van der Waals surface area contributed by atoms with Crippen LogP contribution in [0, 0.1) is 6.92 Å². The van der Waals surface area contributed by atoms with Crippen molar-refractivity contribution in [3.63, 3.8) is 0 Å². The number of ether oxygens (including phenoxy) is 6. The van der Waals surface area contributed by atoms with Gasteiger partial charge in [0.05, 0.1) is 37.9 Å². The molecule has 54 heavy (non-hydrogen) atoms. The molecule has 0 spiro atoms. The third kappa shape index (κ3) is 10.4. The smallest absolute Gasteiger partial charge is 0.416 e.